The predicted octanol–water partition coefficient (Wildman–Crippen LogP) is 3.94. The van der Waals surface area contributed by atoms with Gasteiger partial charge in [0.05, 0.1) is 29.8 Å². The van der Waals surface area contributed by atoms with Crippen LogP contribution in [0, 0.1) is 0 Å². The van der Waals surface area contributed by atoms with Gasteiger partial charge in [0.15, 0.2) is 0 Å². The Labute approximate surface area is 152 Å². The van der Waals surface area contributed by atoms with Crippen LogP contribution in [-0.2, 0) is 13.1 Å². The van der Waals surface area contributed by atoms with Gasteiger partial charge >= 0.3 is 0 Å². The summed E-state index contributed by atoms with van der Waals surface area (Å²) in [6.07, 6.45) is 1.95. The number of fused-ring (bicyclic) bond motifs is 3. The first-order chi connectivity index (χ1) is 12.1. The molecule has 1 aliphatic heterocycles. The van der Waals surface area contributed by atoms with E-state index >= 15 is 0 Å². The number of benzene rings is 2. The Morgan fingerprint density at radius 2 is 1.76 bits per heavy atom. The summed E-state index contributed by atoms with van der Waals surface area (Å²) in [5, 5.41) is 0.712. The minimum atomic E-state index is 0.530. The number of imidazole rings is 1. The van der Waals surface area contributed by atoms with Gasteiger partial charge in [-0.15, -0.1) is 0 Å². The number of para-hydroxylation sites is 1. The first-order valence-electron chi connectivity index (χ1n) is 8.24. The summed E-state index contributed by atoms with van der Waals surface area (Å²) in [4.78, 5) is 11.6. The lowest BCUT2D eigenvalue weighted by atomic mass is 10.0. The molecule has 0 amide bonds. The highest BCUT2D eigenvalue weighted by Crippen LogP contribution is 2.29. The second kappa shape index (κ2) is 6.47. The summed E-state index contributed by atoms with van der Waals surface area (Å²) < 4.78 is 2.22. The van der Waals surface area contributed by atoms with Crippen molar-refractivity contribution in [2.45, 2.75) is 13.1 Å². The van der Waals surface area contributed by atoms with Crippen molar-refractivity contribution in [2.24, 2.45) is 4.99 Å². The Morgan fingerprint density at radius 3 is 2.52 bits per heavy atom. The molecule has 2 aromatic carbocycles. The zero-order valence-corrected chi connectivity index (χ0v) is 15.0. The van der Waals surface area contributed by atoms with Crippen LogP contribution in [0.25, 0.3) is 5.69 Å². The zero-order valence-electron chi connectivity index (χ0n) is 14.3. The zero-order chi connectivity index (χ0) is 17.4. The molecule has 126 valence electrons. The van der Waals surface area contributed by atoms with E-state index < -0.39 is 0 Å². The summed E-state index contributed by atoms with van der Waals surface area (Å²) in [7, 11) is 4.13. The normalized spacial score (nSPS) is 13.2. The fourth-order valence-corrected chi connectivity index (χ4v) is 3.48. The van der Waals surface area contributed by atoms with Gasteiger partial charge in [0.25, 0.3) is 0 Å². The first-order valence-corrected chi connectivity index (χ1v) is 8.62. The Bertz CT molecular complexity index is 956. The fraction of sp³-hybridized carbons (Fsp3) is 0.200. The van der Waals surface area contributed by atoms with E-state index in [0.717, 1.165) is 40.6 Å². The molecule has 4 nitrogen and oxygen atoms in total. The molecule has 0 spiro atoms. The molecule has 5 heteroatoms. The molecule has 2 heterocycles. The van der Waals surface area contributed by atoms with E-state index in [4.69, 9.17) is 16.6 Å². The van der Waals surface area contributed by atoms with Crippen LogP contribution < -0.4 is 0 Å². The second-order valence-electron chi connectivity index (χ2n) is 6.40. The number of hydrogen-bond donors (Lipinski definition) is 0. The van der Waals surface area contributed by atoms with Gasteiger partial charge in [-0.25, -0.2) is 4.98 Å². The number of hydrogen-bond acceptors (Lipinski definition) is 3. The molecule has 0 atom stereocenters. The van der Waals surface area contributed by atoms with Crippen LogP contribution >= 0.6 is 11.6 Å². The third-order valence-corrected chi connectivity index (χ3v) is 4.62. The average Bonchev–Trinajstić information content (AvgIpc) is 2.90. The Kier molecular flexibility index (Phi) is 4.15. The molecule has 4 rings (SSSR count). The van der Waals surface area contributed by atoms with Crippen molar-refractivity contribution < 1.29 is 0 Å². The number of aromatic nitrogens is 2. The highest BCUT2D eigenvalue weighted by atomic mass is 35.5. The van der Waals surface area contributed by atoms with E-state index in [2.05, 4.69) is 46.7 Å². The summed E-state index contributed by atoms with van der Waals surface area (Å²) in [5.74, 6) is 0.950. The van der Waals surface area contributed by atoms with Crippen LogP contribution in [0.5, 0.6) is 0 Å². The van der Waals surface area contributed by atoms with Crippen LogP contribution in [-0.4, -0.2) is 34.3 Å². The molecule has 0 saturated heterocycles. The lowest BCUT2D eigenvalue weighted by molar-refractivity contribution is 0.393. The van der Waals surface area contributed by atoms with Gasteiger partial charge in [0.1, 0.15) is 5.82 Å². The minimum Gasteiger partial charge on any atom is -0.304 e. The summed E-state index contributed by atoms with van der Waals surface area (Å²) in [6.45, 7) is 1.35. The highest BCUT2D eigenvalue weighted by Gasteiger charge is 2.22. The number of nitrogens with zero attached hydrogens (tertiary/aromatic N) is 4. The number of rotatable bonds is 3. The van der Waals surface area contributed by atoms with Gasteiger partial charge in [-0.2, -0.15) is 0 Å². The van der Waals surface area contributed by atoms with Crippen molar-refractivity contribution in [1.82, 2.24) is 14.5 Å². The smallest absolute Gasteiger partial charge is 0.135 e. The summed E-state index contributed by atoms with van der Waals surface area (Å²) in [5.41, 5.74) is 5.21. The van der Waals surface area contributed by atoms with Crippen LogP contribution in [0.3, 0.4) is 0 Å². The van der Waals surface area contributed by atoms with E-state index in [1.807, 2.05) is 36.5 Å². The van der Waals surface area contributed by atoms with E-state index in [1.165, 1.54) is 0 Å². The largest absolute Gasteiger partial charge is 0.304 e. The molecule has 0 bridgehead atoms. The monoisotopic (exact) mass is 350 g/mol. The average molecular weight is 351 g/mol. The fourth-order valence-electron chi connectivity index (χ4n) is 3.26. The summed E-state index contributed by atoms with van der Waals surface area (Å²) in [6, 6.07) is 16.2. The standard InChI is InChI=1S/C20H19ClN4/c1-24(2)13-14-11-22-19-12-23-20(15-7-3-5-9-17(15)21)16-8-4-6-10-18(16)25(14)19/h3-11H,12-13H2,1-2H3. The van der Waals surface area contributed by atoms with Gasteiger partial charge in [-0.3, -0.25) is 9.56 Å². The molecule has 1 aliphatic rings. The van der Waals surface area contributed by atoms with Gasteiger partial charge in [-0.05, 0) is 26.2 Å². The molecule has 3 aromatic rings. The molecule has 0 unspecified atom stereocenters. The quantitative estimate of drug-likeness (QED) is 0.717. The maximum absolute atomic E-state index is 6.45. The maximum atomic E-state index is 6.45. The maximum Gasteiger partial charge on any atom is 0.135 e. The van der Waals surface area contributed by atoms with Gasteiger partial charge in [-0.1, -0.05) is 48.0 Å². The van der Waals surface area contributed by atoms with E-state index in [9.17, 15) is 0 Å². The van der Waals surface area contributed by atoms with Crippen molar-refractivity contribution in [2.75, 3.05) is 14.1 Å². The topological polar surface area (TPSA) is 33.4 Å². The van der Waals surface area contributed by atoms with Crippen molar-refractivity contribution in [3.05, 3.63) is 82.4 Å². The summed E-state index contributed by atoms with van der Waals surface area (Å²) >= 11 is 6.45. The molecule has 0 radical (unpaired) electrons. The lowest BCUT2D eigenvalue weighted by Crippen LogP contribution is -2.15. The molecule has 25 heavy (non-hydrogen) atoms. The van der Waals surface area contributed by atoms with Crippen molar-refractivity contribution in [3.8, 4) is 5.69 Å². The SMILES string of the molecule is CN(C)Cc1cnc2n1-c1ccccc1C(c1ccccc1Cl)=NC2. The molecule has 0 aliphatic carbocycles. The Hall–Kier alpha value is -2.43. The van der Waals surface area contributed by atoms with E-state index in [-0.39, 0.29) is 0 Å². The van der Waals surface area contributed by atoms with Crippen LogP contribution in [0.4, 0.5) is 0 Å². The second-order valence-corrected chi connectivity index (χ2v) is 6.81. The minimum absolute atomic E-state index is 0.530. The van der Waals surface area contributed by atoms with Crippen LogP contribution in [0.1, 0.15) is 22.6 Å². The predicted molar refractivity (Wildman–Crippen MR) is 102 cm³/mol. The van der Waals surface area contributed by atoms with E-state index in [1.54, 1.807) is 0 Å². The van der Waals surface area contributed by atoms with Gasteiger partial charge in [0, 0.05) is 22.7 Å². The van der Waals surface area contributed by atoms with Crippen LogP contribution in [0.2, 0.25) is 5.02 Å². The molecular formula is C20H19ClN4. The molecule has 0 saturated carbocycles. The molecule has 0 N–H and O–H groups in total. The molecular weight excluding hydrogens is 332 g/mol. The third kappa shape index (κ3) is 2.88. The number of aliphatic imine (C=N–C) groups is 1. The third-order valence-electron chi connectivity index (χ3n) is 4.29. The highest BCUT2D eigenvalue weighted by molar-refractivity contribution is 6.35. The Balaban J connectivity index is 1.92. The number of halogens is 1. The van der Waals surface area contributed by atoms with Gasteiger partial charge in [0.2, 0.25) is 0 Å². The molecule has 0 fully saturated rings. The van der Waals surface area contributed by atoms with Crippen LogP contribution in [0.15, 0.2) is 59.7 Å². The van der Waals surface area contributed by atoms with E-state index in [0.29, 0.717) is 11.6 Å². The lowest BCUT2D eigenvalue weighted by Gasteiger charge is -2.16. The van der Waals surface area contributed by atoms with Crippen molar-refractivity contribution in [3.63, 3.8) is 0 Å². The first kappa shape index (κ1) is 16.1. The van der Waals surface area contributed by atoms with Gasteiger partial charge < -0.3 is 4.90 Å². The Morgan fingerprint density at radius 1 is 1.04 bits per heavy atom. The van der Waals surface area contributed by atoms with Crippen molar-refractivity contribution in [1.29, 1.82) is 0 Å². The van der Waals surface area contributed by atoms with Crippen molar-refractivity contribution >= 4 is 17.3 Å². The molecule has 1 aromatic heterocycles.